The van der Waals surface area contributed by atoms with Crippen molar-refractivity contribution in [3.05, 3.63) is 70.5 Å². The Kier molecular flexibility index (Phi) is 5.96. The molecule has 1 aromatic heterocycles. The Morgan fingerprint density at radius 3 is 2.83 bits per heavy atom. The Hall–Kier alpha value is -2.11. The maximum Gasteiger partial charge on any atom is 0.255 e. The molecule has 0 spiro atoms. The lowest BCUT2D eigenvalue weighted by atomic mass is 10.2. The molecule has 2 rings (SSSR count). The number of ether oxygens (including phenoxy) is 1. The Bertz CT molecular complexity index is 756. The first kappa shape index (κ1) is 17.2. The van der Waals surface area contributed by atoms with E-state index in [2.05, 4.69) is 32.8 Å². The number of benzene rings is 1. The summed E-state index contributed by atoms with van der Waals surface area (Å²) in [5, 5.41) is 3.23. The number of nitrogens with one attached hydrogen (secondary N) is 1. The molecule has 0 saturated heterocycles. The molecule has 118 valence electrons. The van der Waals surface area contributed by atoms with Gasteiger partial charge in [-0.1, -0.05) is 34.1 Å². The molecular weight excluding hydrogens is 380 g/mol. The number of allylic oxidation sites excluding steroid dienone is 1. The molecule has 2 aromatic rings. The molecule has 0 atom stereocenters. The second kappa shape index (κ2) is 7.94. The van der Waals surface area contributed by atoms with Crippen molar-refractivity contribution in [3.8, 4) is 11.5 Å². The highest BCUT2D eigenvalue weighted by Crippen LogP contribution is 2.28. The first-order valence-corrected chi connectivity index (χ1v) is 7.83. The van der Waals surface area contributed by atoms with Crippen molar-refractivity contribution in [1.82, 2.24) is 4.98 Å². The summed E-state index contributed by atoms with van der Waals surface area (Å²) in [7, 11) is 0. The number of rotatable bonds is 5. The van der Waals surface area contributed by atoms with Crippen LogP contribution in [-0.2, 0) is 4.79 Å². The lowest BCUT2D eigenvalue weighted by Gasteiger charge is -2.10. The van der Waals surface area contributed by atoms with E-state index in [4.69, 9.17) is 16.3 Å². The summed E-state index contributed by atoms with van der Waals surface area (Å²) in [6.45, 7) is 5.36. The molecule has 0 aliphatic heterocycles. The molecule has 4 nitrogen and oxygen atoms in total. The van der Waals surface area contributed by atoms with Gasteiger partial charge >= 0.3 is 0 Å². The van der Waals surface area contributed by atoms with Gasteiger partial charge in [0.25, 0.3) is 5.91 Å². The second-order valence-electron chi connectivity index (χ2n) is 4.68. The van der Waals surface area contributed by atoms with Crippen LogP contribution in [0.25, 0.3) is 0 Å². The number of carbonyl (C=O) groups is 1. The fourth-order valence-corrected chi connectivity index (χ4v) is 2.36. The third kappa shape index (κ3) is 5.54. The highest BCUT2D eigenvalue weighted by molar-refractivity contribution is 9.10. The number of halogens is 2. The highest BCUT2D eigenvalue weighted by Gasteiger charge is 2.08. The van der Waals surface area contributed by atoms with E-state index in [1.165, 1.54) is 6.08 Å². The van der Waals surface area contributed by atoms with Gasteiger partial charge in [-0.25, -0.2) is 0 Å². The quantitative estimate of drug-likeness (QED) is 0.556. The van der Waals surface area contributed by atoms with Crippen LogP contribution in [0.4, 0.5) is 5.69 Å². The van der Waals surface area contributed by atoms with E-state index in [-0.39, 0.29) is 11.5 Å². The van der Waals surface area contributed by atoms with E-state index < -0.39 is 0 Å². The standard InChI is InChI=1S/C17H14BrClN2O2/c1-11(6-12(2)19)17(22)21-14-7-13(18)8-16(9-14)23-15-4-3-5-20-10-15/h3-10H,1H2,2H3,(H,21,22). The fraction of sp³-hybridized carbons (Fsp3) is 0.0588. The summed E-state index contributed by atoms with van der Waals surface area (Å²) in [6, 6.07) is 8.84. The molecule has 0 aliphatic rings. The normalized spacial score (nSPS) is 11.0. The molecular formula is C17H14BrClN2O2. The van der Waals surface area contributed by atoms with Gasteiger partial charge in [-0.2, -0.15) is 0 Å². The van der Waals surface area contributed by atoms with E-state index in [0.29, 0.717) is 22.2 Å². The summed E-state index contributed by atoms with van der Waals surface area (Å²) >= 11 is 9.14. The minimum absolute atomic E-state index is 0.271. The fourth-order valence-electron chi connectivity index (χ4n) is 1.75. The van der Waals surface area contributed by atoms with Crippen LogP contribution in [0.2, 0.25) is 0 Å². The summed E-state index contributed by atoms with van der Waals surface area (Å²) in [4.78, 5) is 16.0. The van der Waals surface area contributed by atoms with Crippen LogP contribution in [-0.4, -0.2) is 10.9 Å². The van der Waals surface area contributed by atoms with Crippen molar-refractivity contribution >= 4 is 39.1 Å². The topological polar surface area (TPSA) is 51.2 Å². The minimum atomic E-state index is -0.338. The predicted molar refractivity (Wildman–Crippen MR) is 95.8 cm³/mol. The largest absolute Gasteiger partial charge is 0.456 e. The van der Waals surface area contributed by atoms with Gasteiger partial charge in [0.15, 0.2) is 0 Å². The molecule has 1 aromatic carbocycles. The molecule has 0 radical (unpaired) electrons. The molecule has 0 aliphatic carbocycles. The van der Waals surface area contributed by atoms with Gasteiger partial charge in [0.2, 0.25) is 0 Å². The van der Waals surface area contributed by atoms with Crippen molar-refractivity contribution in [2.45, 2.75) is 6.92 Å². The Labute approximate surface area is 148 Å². The molecule has 0 fully saturated rings. The van der Waals surface area contributed by atoms with Crippen LogP contribution in [0.15, 0.2) is 70.5 Å². The SMILES string of the molecule is C=C(C=C(C)Cl)C(=O)Nc1cc(Br)cc(Oc2cccnc2)c1. The molecule has 23 heavy (non-hydrogen) atoms. The van der Waals surface area contributed by atoms with E-state index in [0.717, 1.165) is 4.47 Å². The van der Waals surface area contributed by atoms with Crippen molar-refractivity contribution in [2.24, 2.45) is 0 Å². The van der Waals surface area contributed by atoms with E-state index in [1.807, 2.05) is 0 Å². The number of amides is 1. The van der Waals surface area contributed by atoms with Crippen LogP contribution in [0.3, 0.4) is 0 Å². The Morgan fingerprint density at radius 2 is 2.17 bits per heavy atom. The number of anilines is 1. The number of hydrogen-bond acceptors (Lipinski definition) is 3. The molecule has 1 N–H and O–H groups in total. The van der Waals surface area contributed by atoms with Crippen LogP contribution < -0.4 is 10.1 Å². The van der Waals surface area contributed by atoms with Crippen LogP contribution >= 0.6 is 27.5 Å². The zero-order chi connectivity index (χ0) is 16.8. The maximum absolute atomic E-state index is 12.0. The number of aromatic nitrogens is 1. The molecule has 1 heterocycles. The van der Waals surface area contributed by atoms with Crippen molar-refractivity contribution in [1.29, 1.82) is 0 Å². The van der Waals surface area contributed by atoms with Crippen molar-refractivity contribution < 1.29 is 9.53 Å². The van der Waals surface area contributed by atoms with Crippen molar-refractivity contribution in [3.63, 3.8) is 0 Å². The average Bonchev–Trinajstić information content (AvgIpc) is 2.46. The Balaban J connectivity index is 2.16. The van der Waals surface area contributed by atoms with Gasteiger partial charge in [0, 0.05) is 33.0 Å². The van der Waals surface area contributed by atoms with Crippen LogP contribution in [0, 0.1) is 0 Å². The summed E-state index contributed by atoms with van der Waals surface area (Å²) in [6.07, 6.45) is 4.77. The van der Waals surface area contributed by atoms with Gasteiger partial charge in [-0.15, -0.1) is 0 Å². The number of hydrogen-bond donors (Lipinski definition) is 1. The lowest BCUT2D eigenvalue weighted by molar-refractivity contribution is -0.112. The molecule has 6 heteroatoms. The van der Waals surface area contributed by atoms with E-state index in [1.54, 1.807) is 49.6 Å². The maximum atomic E-state index is 12.0. The van der Waals surface area contributed by atoms with Crippen molar-refractivity contribution in [2.75, 3.05) is 5.32 Å². The number of carbonyl (C=O) groups excluding carboxylic acids is 1. The molecule has 0 saturated carbocycles. The average molecular weight is 394 g/mol. The third-order valence-electron chi connectivity index (χ3n) is 2.66. The summed E-state index contributed by atoms with van der Waals surface area (Å²) in [5.41, 5.74) is 0.845. The first-order valence-electron chi connectivity index (χ1n) is 6.66. The van der Waals surface area contributed by atoms with Crippen LogP contribution in [0.1, 0.15) is 6.92 Å². The van der Waals surface area contributed by atoms with Crippen LogP contribution in [0.5, 0.6) is 11.5 Å². The van der Waals surface area contributed by atoms with E-state index >= 15 is 0 Å². The Morgan fingerprint density at radius 1 is 1.39 bits per heavy atom. The van der Waals surface area contributed by atoms with Gasteiger partial charge in [0.05, 0.1) is 6.20 Å². The van der Waals surface area contributed by atoms with Gasteiger partial charge in [-0.05, 0) is 37.3 Å². The highest BCUT2D eigenvalue weighted by atomic mass is 79.9. The first-order chi connectivity index (χ1) is 10.9. The van der Waals surface area contributed by atoms with Gasteiger partial charge in [0.1, 0.15) is 11.5 Å². The minimum Gasteiger partial charge on any atom is -0.456 e. The summed E-state index contributed by atoms with van der Waals surface area (Å²) in [5.74, 6) is 0.834. The summed E-state index contributed by atoms with van der Waals surface area (Å²) < 4.78 is 6.47. The number of pyridine rings is 1. The zero-order valence-corrected chi connectivity index (χ0v) is 14.7. The monoisotopic (exact) mass is 392 g/mol. The van der Waals surface area contributed by atoms with Gasteiger partial charge in [-0.3, -0.25) is 9.78 Å². The number of nitrogens with zero attached hydrogens (tertiary/aromatic N) is 1. The van der Waals surface area contributed by atoms with Gasteiger partial charge < -0.3 is 10.1 Å². The molecule has 0 unspecified atom stereocenters. The third-order valence-corrected chi connectivity index (χ3v) is 3.23. The van der Waals surface area contributed by atoms with E-state index in [9.17, 15) is 4.79 Å². The zero-order valence-electron chi connectivity index (χ0n) is 12.3. The second-order valence-corrected chi connectivity index (χ2v) is 6.19. The molecule has 1 amide bonds. The predicted octanol–water partition coefficient (Wildman–Crippen LogP) is 5.27. The smallest absolute Gasteiger partial charge is 0.255 e. The molecule has 0 bridgehead atoms. The lowest BCUT2D eigenvalue weighted by Crippen LogP contribution is -2.12.